The average molecular weight is 266 g/mol. The van der Waals surface area contributed by atoms with E-state index in [1.54, 1.807) is 6.20 Å². The van der Waals surface area contributed by atoms with Crippen LogP contribution in [0.3, 0.4) is 0 Å². The third-order valence-electron chi connectivity index (χ3n) is 2.68. The van der Waals surface area contributed by atoms with Crippen molar-refractivity contribution in [3.05, 3.63) is 11.8 Å². The van der Waals surface area contributed by atoms with Crippen LogP contribution in [-0.2, 0) is 16.0 Å². The van der Waals surface area contributed by atoms with E-state index >= 15 is 0 Å². The van der Waals surface area contributed by atoms with Gasteiger partial charge in [0.1, 0.15) is 5.82 Å². The van der Waals surface area contributed by atoms with Gasteiger partial charge in [0, 0.05) is 23.9 Å². The van der Waals surface area contributed by atoms with Gasteiger partial charge in [-0.3, -0.25) is 14.7 Å². The number of aromatic nitrogens is 2. The van der Waals surface area contributed by atoms with Crippen LogP contribution in [0.15, 0.2) is 6.20 Å². The molecule has 1 heterocycles. The number of carbonyl (C=O) groups excluding carboxylic acids is 2. The van der Waals surface area contributed by atoms with Crippen molar-refractivity contribution in [2.24, 2.45) is 5.41 Å². The van der Waals surface area contributed by atoms with E-state index in [2.05, 4.69) is 20.8 Å². The highest BCUT2D eigenvalue weighted by Crippen LogP contribution is 2.13. The summed E-state index contributed by atoms with van der Waals surface area (Å²) in [6, 6.07) is 0. The van der Waals surface area contributed by atoms with Gasteiger partial charge in [-0.15, -0.1) is 0 Å². The minimum Gasteiger partial charge on any atom is -0.355 e. The van der Waals surface area contributed by atoms with Gasteiger partial charge in [-0.1, -0.05) is 27.7 Å². The quantitative estimate of drug-likeness (QED) is 0.754. The number of hydrogen-bond donors (Lipinski definition) is 3. The second kappa shape index (κ2) is 6.36. The normalized spacial score (nSPS) is 11.2. The average Bonchev–Trinajstić information content (AvgIpc) is 2.74. The summed E-state index contributed by atoms with van der Waals surface area (Å²) in [7, 11) is 0. The second-order valence-electron chi connectivity index (χ2n) is 5.43. The molecular weight excluding hydrogens is 244 g/mol. The van der Waals surface area contributed by atoms with E-state index in [1.807, 2.05) is 27.7 Å². The molecule has 2 amide bonds. The maximum absolute atomic E-state index is 11.7. The Morgan fingerprint density at radius 1 is 1.37 bits per heavy atom. The maximum atomic E-state index is 11.7. The van der Waals surface area contributed by atoms with Crippen molar-refractivity contribution in [2.75, 3.05) is 11.9 Å². The largest absolute Gasteiger partial charge is 0.355 e. The Kier molecular flexibility index (Phi) is 5.09. The van der Waals surface area contributed by atoms with Crippen molar-refractivity contribution in [2.45, 2.75) is 40.5 Å². The first-order chi connectivity index (χ1) is 8.84. The molecule has 1 aromatic rings. The van der Waals surface area contributed by atoms with Crippen molar-refractivity contribution in [1.82, 2.24) is 15.5 Å². The fourth-order valence-electron chi connectivity index (χ4n) is 1.44. The number of aryl methyl sites for hydroxylation is 1. The first-order valence-electron chi connectivity index (χ1n) is 6.45. The van der Waals surface area contributed by atoms with Crippen LogP contribution in [0.25, 0.3) is 0 Å². The van der Waals surface area contributed by atoms with Crippen molar-refractivity contribution >= 4 is 17.6 Å². The van der Waals surface area contributed by atoms with Crippen LogP contribution in [0.4, 0.5) is 5.82 Å². The standard InChI is InChI=1S/C13H22N4O2/c1-5-9-8-15-17-11(9)16-10(18)6-7-14-12(19)13(2,3)4/h8H,5-7H2,1-4H3,(H,14,19)(H2,15,16,17,18). The lowest BCUT2D eigenvalue weighted by atomic mass is 9.96. The molecule has 0 unspecified atom stereocenters. The van der Waals surface area contributed by atoms with Crippen molar-refractivity contribution in [3.63, 3.8) is 0 Å². The zero-order valence-electron chi connectivity index (χ0n) is 12.0. The van der Waals surface area contributed by atoms with Crippen LogP contribution >= 0.6 is 0 Å². The summed E-state index contributed by atoms with van der Waals surface area (Å²) < 4.78 is 0. The molecule has 6 nitrogen and oxygen atoms in total. The lowest BCUT2D eigenvalue weighted by Crippen LogP contribution is -2.36. The third kappa shape index (κ3) is 4.73. The number of aromatic amines is 1. The molecule has 19 heavy (non-hydrogen) atoms. The van der Waals surface area contributed by atoms with Gasteiger partial charge in [-0.2, -0.15) is 5.10 Å². The van der Waals surface area contributed by atoms with Crippen molar-refractivity contribution < 1.29 is 9.59 Å². The monoisotopic (exact) mass is 266 g/mol. The van der Waals surface area contributed by atoms with Gasteiger partial charge in [-0.05, 0) is 6.42 Å². The molecule has 0 fully saturated rings. The molecule has 106 valence electrons. The lowest BCUT2D eigenvalue weighted by molar-refractivity contribution is -0.128. The zero-order valence-corrected chi connectivity index (χ0v) is 12.0. The molecule has 1 rings (SSSR count). The molecule has 1 aromatic heterocycles. The number of anilines is 1. The number of carbonyl (C=O) groups is 2. The smallest absolute Gasteiger partial charge is 0.227 e. The highest BCUT2D eigenvalue weighted by atomic mass is 16.2. The first kappa shape index (κ1) is 15.2. The minimum absolute atomic E-state index is 0.0592. The summed E-state index contributed by atoms with van der Waals surface area (Å²) in [5.74, 6) is 0.430. The number of amides is 2. The highest BCUT2D eigenvalue weighted by Gasteiger charge is 2.20. The van der Waals surface area contributed by atoms with Gasteiger partial charge in [0.05, 0.1) is 6.20 Å². The van der Waals surface area contributed by atoms with Crippen LogP contribution < -0.4 is 10.6 Å². The molecule has 0 radical (unpaired) electrons. The Morgan fingerprint density at radius 3 is 2.63 bits per heavy atom. The molecule has 0 aliphatic carbocycles. The summed E-state index contributed by atoms with van der Waals surface area (Å²) >= 11 is 0. The molecule has 0 aromatic carbocycles. The van der Waals surface area contributed by atoms with Gasteiger partial charge >= 0.3 is 0 Å². The Hall–Kier alpha value is -1.85. The van der Waals surface area contributed by atoms with Crippen LogP contribution in [-0.4, -0.2) is 28.6 Å². The lowest BCUT2D eigenvalue weighted by Gasteiger charge is -2.17. The fraction of sp³-hybridized carbons (Fsp3) is 0.615. The van der Waals surface area contributed by atoms with E-state index < -0.39 is 5.41 Å². The Bertz CT molecular complexity index is 446. The summed E-state index contributed by atoms with van der Waals surface area (Å²) in [6.07, 6.45) is 2.73. The van der Waals surface area contributed by atoms with Crippen molar-refractivity contribution in [1.29, 1.82) is 0 Å². The van der Waals surface area contributed by atoms with E-state index in [1.165, 1.54) is 0 Å². The van der Waals surface area contributed by atoms with Crippen LogP contribution in [0.1, 0.15) is 39.7 Å². The summed E-state index contributed by atoms with van der Waals surface area (Å²) in [5, 5.41) is 12.1. The van der Waals surface area contributed by atoms with Crippen LogP contribution in [0, 0.1) is 5.41 Å². The fourth-order valence-corrected chi connectivity index (χ4v) is 1.44. The molecule has 3 N–H and O–H groups in total. The third-order valence-corrected chi connectivity index (χ3v) is 2.68. The molecular formula is C13H22N4O2. The predicted octanol–water partition coefficient (Wildman–Crippen LogP) is 1.46. The summed E-state index contributed by atoms with van der Waals surface area (Å²) in [6.45, 7) is 7.82. The predicted molar refractivity (Wildman–Crippen MR) is 73.7 cm³/mol. The van der Waals surface area contributed by atoms with Gasteiger partial charge in [-0.25, -0.2) is 0 Å². The van der Waals surface area contributed by atoms with Gasteiger partial charge in [0.15, 0.2) is 0 Å². The number of nitrogens with zero attached hydrogens (tertiary/aromatic N) is 1. The number of nitrogens with one attached hydrogen (secondary N) is 3. The topological polar surface area (TPSA) is 86.9 Å². The Balaban J connectivity index is 2.35. The van der Waals surface area contributed by atoms with Gasteiger partial charge in [0.25, 0.3) is 0 Å². The number of rotatable bonds is 5. The van der Waals surface area contributed by atoms with Crippen LogP contribution in [0.5, 0.6) is 0 Å². The number of H-pyrrole nitrogens is 1. The molecule has 6 heteroatoms. The zero-order chi connectivity index (χ0) is 14.5. The number of hydrogen-bond acceptors (Lipinski definition) is 3. The van der Waals surface area contributed by atoms with E-state index in [9.17, 15) is 9.59 Å². The highest BCUT2D eigenvalue weighted by molar-refractivity contribution is 5.91. The van der Waals surface area contributed by atoms with Crippen LogP contribution in [0.2, 0.25) is 0 Å². The van der Waals surface area contributed by atoms with Gasteiger partial charge < -0.3 is 10.6 Å². The molecule has 0 atom stereocenters. The summed E-state index contributed by atoms with van der Waals surface area (Å²) in [5.41, 5.74) is 0.530. The minimum atomic E-state index is -0.435. The van der Waals surface area contributed by atoms with E-state index in [0.717, 1.165) is 12.0 Å². The molecule has 0 bridgehead atoms. The molecule has 0 aliphatic heterocycles. The second-order valence-corrected chi connectivity index (χ2v) is 5.43. The Morgan fingerprint density at radius 2 is 2.05 bits per heavy atom. The maximum Gasteiger partial charge on any atom is 0.227 e. The molecule has 0 spiro atoms. The van der Waals surface area contributed by atoms with E-state index in [0.29, 0.717) is 12.4 Å². The first-order valence-corrected chi connectivity index (χ1v) is 6.45. The van der Waals surface area contributed by atoms with E-state index in [4.69, 9.17) is 0 Å². The molecule has 0 saturated heterocycles. The van der Waals surface area contributed by atoms with Crippen molar-refractivity contribution in [3.8, 4) is 0 Å². The molecule has 0 saturated carbocycles. The summed E-state index contributed by atoms with van der Waals surface area (Å²) in [4.78, 5) is 23.3. The Labute approximate surface area is 113 Å². The van der Waals surface area contributed by atoms with Gasteiger partial charge in [0.2, 0.25) is 11.8 Å². The molecule has 0 aliphatic rings. The SMILES string of the molecule is CCc1cn[nH]c1NC(=O)CCNC(=O)C(C)(C)C. The van der Waals surface area contributed by atoms with E-state index in [-0.39, 0.29) is 18.2 Å².